The zero-order chi connectivity index (χ0) is 24.4. The molecule has 8 heteroatoms. The Kier molecular flexibility index (Phi) is 8.26. The smallest absolute Gasteiger partial charge is 0.132 e. The van der Waals surface area contributed by atoms with E-state index in [-0.39, 0.29) is 12.7 Å². The van der Waals surface area contributed by atoms with Crippen LogP contribution in [0.25, 0.3) is 0 Å². The molecule has 0 bridgehead atoms. The molecule has 0 saturated carbocycles. The van der Waals surface area contributed by atoms with Gasteiger partial charge in [-0.25, -0.2) is 4.98 Å². The Morgan fingerprint density at radius 3 is 2.62 bits per heavy atom. The zero-order valence-corrected chi connectivity index (χ0v) is 21.7. The molecule has 0 aliphatic carbocycles. The molecule has 2 aliphatic rings. The summed E-state index contributed by atoms with van der Waals surface area (Å²) in [6.45, 7) is 10.4. The van der Waals surface area contributed by atoms with Crippen LogP contribution >= 0.6 is 23.2 Å². The summed E-state index contributed by atoms with van der Waals surface area (Å²) < 4.78 is 6.35. The zero-order valence-electron chi connectivity index (χ0n) is 20.2. The van der Waals surface area contributed by atoms with Gasteiger partial charge in [0.15, 0.2) is 0 Å². The van der Waals surface area contributed by atoms with Crippen molar-refractivity contribution in [2.45, 2.75) is 45.8 Å². The number of piperidine rings is 1. The van der Waals surface area contributed by atoms with Crippen LogP contribution in [0, 0.1) is 25.7 Å². The highest BCUT2D eigenvalue weighted by atomic mass is 35.5. The molecular weight excluding hydrogens is 473 g/mol. The number of halogens is 2. The first kappa shape index (κ1) is 25.5. The molecule has 4 rings (SSSR count). The molecule has 2 N–H and O–H groups in total. The van der Waals surface area contributed by atoms with Crippen LogP contribution in [0.1, 0.15) is 42.7 Å². The Bertz CT molecular complexity index is 999. The molecule has 1 aromatic carbocycles. The Hall–Kier alpha value is -1.57. The summed E-state index contributed by atoms with van der Waals surface area (Å²) in [6, 6.07) is 7.53. The molecule has 6 nitrogen and oxygen atoms in total. The van der Waals surface area contributed by atoms with Crippen LogP contribution in [0.5, 0.6) is 5.75 Å². The third-order valence-electron chi connectivity index (χ3n) is 7.28. The molecule has 0 amide bonds. The first-order valence-corrected chi connectivity index (χ1v) is 12.9. The highest BCUT2D eigenvalue weighted by molar-refractivity contribution is 6.35. The molecule has 1 aromatic heterocycles. The number of hydrogen-bond donors (Lipinski definition) is 2. The van der Waals surface area contributed by atoms with Crippen molar-refractivity contribution < 1.29 is 14.9 Å². The van der Waals surface area contributed by atoms with E-state index in [9.17, 15) is 5.11 Å². The third-order valence-corrected chi connectivity index (χ3v) is 7.84. The second kappa shape index (κ2) is 11.0. The van der Waals surface area contributed by atoms with Gasteiger partial charge in [-0.15, -0.1) is 0 Å². The molecule has 0 radical (unpaired) electrons. The number of aliphatic hydroxyl groups excluding tert-OH is 2. The van der Waals surface area contributed by atoms with Crippen LogP contribution in [0.3, 0.4) is 0 Å². The van der Waals surface area contributed by atoms with Gasteiger partial charge in [0.1, 0.15) is 17.7 Å². The summed E-state index contributed by atoms with van der Waals surface area (Å²) in [5, 5.41) is 20.2. The molecule has 2 aliphatic heterocycles. The van der Waals surface area contributed by atoms with E-state index in [1.807, 2.05) is 39.0 Å². The maximum absolute atomic E-state index is 9.80. The van der Waals surface area contributed by atoms with Gasteiger partial charge in [0.2, 0.25) is 0 Å². The molecule has 34 heavy (non-hydrogen) atoms. The minimum absolute atomic E-state index is 0.177. The summed E-state index contributed by atoms with van der Waals surface area (Å²) >= 11 is 12.4. The van der Waals surface area contributed by atoms with Crippen LogP contribution in [0.2, 0.25) is 10.0 Å². The van der Waals surface area contributed by atoms with Crippen molar-refractivity contribution in [3.05, 3.63) is 51.1 Å². The van der Waals surface area contributed by atoms with Crippen molar-refractivity contribution >= 4 is 29.0 Å². The molecule has 3 heterocycles. The molecule has 186 valence electrons. The van der Waals surface area contributed by atoms with Gasteiger partial charge in [0.25, 0.3) is 0 Å². The summed E-state index contributed by atoms with van der Waals surface area (Å²) in [5.74, 6) is 3.01. The fraction of sp³-hybridized carbons (Fsp3) is 0.577. The fourth-order valence-electron chi connectivity index (χ4n) is 5.06. The number of benzene rings is 1. The van der Waals surface area contributed by atoms with Gasteiger partial charge < -0.3 is 24.7 Å². The van der Waals surface area contributed by atoms with Gasteiger partial charge in [-0.1, -0.05) is 29.3 Å². The number of aromatic nitrogens is 1. The Morgan fingerprint density at radius 2 is 1.91 bits per heavy atom. The van der Waals surface area contributed by atoms with Crippen LogP contribution < -0.4 is 9.64 Å². The monoisotopic (exact) mass is 507 g/mol. The first-order chi connectivity index (χ1) is 16.2. The minimum Gasteiger partial charge on any atom is -0.485 e. The summed E-state index contributed by atoms with van der Waals surface area (Å²) in [7, 11) is 0. The lowest BCUT2D eigenvalue weighted by atomic mass is 9.80. The maximum atomic E-state index is 9.80. The van der Waals surface area contributed by atoms with E-state index in [1.54, 1.807) is 6.07 Å². The second-order valence-corrected chi connectivity index (χ2v) is 10.6. The number of ether oxygens (including phenoxy) is 1. The third kappa shape index (κ3) is 5.80. The molecule has 0 unspecified atom stereocenters. The number of likely N-dealkylation sites (tertiary alicyclic amines) is 1. The number of rotatable bonds is 8. The minimum atomic E-state index is -0.653. The van der Waals surface area contributed by atoms with Gasteiger partial charge in [-0.3, -0.25) is 0 Å². The van der Waals surface area contributed by atoms with Gasteiger partial charge >= 0.3 is 0 Å². The topological polar surface area (TPSA) is 69.1 Å². The number of aliphatic hydroxyl groups is 2. The number of aryl methyl sites for hydroxylation is 1. The van der Waals surface area contributed by atoms with E-state index in [0.29, 0.717) is 28.4 Å². The molecule has 0 spiro atoms. The molecule has 2 saturated heterocycles. The van der Waals surface area contributed by atoms with Crippen molar-refractivity contribution in [1.29, 1.82) is 0 Å². The SMILES string of the molecule is Cc1nc(N2CC([C@H]3CCCN(C[C@H](O)CO)C3)C2)cc(O[C@H](C)c2ccc(Cl)cc2Cl)c1C. The van der Waals surface area contributed by atoms with Gasteiger partial charge in [0, 0.05) is 59.1 Å². The summed E-state index contributed by atoms with van der Waals surface area (Å²) in [4.78, 5) is 9.46. The van der Waals surface area contributed by atoms with Crippen molar-refractivity contribution in [3.8, 4) is 5.75 Å². The average molecular weight is 508 g/mol. The Morgan fingerprint density at radius 1 is 1.15 bits per heavy atom. The van der Waals surface area contributed by atoms with Crippen LogP contribution in [-0.2, 0) is 0 Å². The Labute approximate surface area is 212 Å². The lowest BCUT2D eigenvalue weighted by Crippen LogP contribution is -2.54. The molecular formula is C26H35Cl2N3O3. The standard InChI is InChI=1S/C26H35Cl2N3O3/c1-16-17(2)29-26(10-25(16)34-18(3)23-7-6-21(27)9-24(23)28)31-12-20(13-31)19-5-4-8-30(11-19)14-22(33)15-32/h6-7,9-10,18-20,22,32-33H,4-5,8,11-15H2,1-3H3/t18-,19+,22+/m1/s1. The number of hydrogen-bond acceptors (Lipinski definition) is 6. The van der Waals surface area contributed by atoms with Gasteiger partial charge in [0.05, 0.1) is 12.7 Å². The summed E-state index contributed by atoms with van der Waals surface area (Å²) in [5.41, 5.74) is 2.90. The van der Waals surface area contributed by atoms with Crippen molar-refractivity contribution in [2.75, 3.05) is 44.2 Å². The fourth-order valence-corrected chi connectivity index (χ4v) is 5.62. The highest BCUT2D eigenvalue weighted by Crippen LogP contribution is 2.37. The van der Waals surface area contributed by atoms with E-state index in [4.69, 9.17) is 38.0 Å². The first-order valence-electron chi connectivity index (χ1n) is 12.1. The van der Waals surface area contributed by atoms with Crippen molar-refractivity contribution in [1.82, 2.24) is 9.88 Å². The highest BCUT2D eigenvalue weighted by Gasteiger charge is 2.37. The predicted molar refractivity (Wildman–Crippen MR) is 137 cm³/mol. The quantitative estimate of drug-likeness (QED) is 0.541. The molecule has 3 atom stereocenters. The average Bonchev–Trinajstić information content (AvgIpc) is 2.76. The van der Waals surface area contributed by atoms with Crippen molar-refractivity contribution in [2.24, 2.45) is 11.8 Å². The largest absolute Gasteiger partial charge is 0.485 e. The number of β-amino-alcohol motifs (C(OH)–C–C–N with tert-alkyl or cyclic N) is 1. The number of nitrogens with zero attached hydrogens (tertiary/aromatic N) is 3. The number of anilines is 1. The van der Waals surface area contributed by atoms with E-state index in [2.05, 4.69) is 9.80 Å². The lowest BCUT2D eigenvalue weighted by molar-refractivity contribution is 0.0348. The van der Waals surface area contributed by atoms with Gasteiger partial charge in [-0.05, 0) is 64.1 Å². The van der Waals surface area contributed by atoms with E-state index in [0.717, 1.165) is 61.0 Å². The normalized spacial score (nSPS) is 21.3. The Balaban J connectivity index is 1.40. The predicted octanol–water partition coefficient (Wildman–Crippen LogP) is 4.65. The van der Waals surface area contributed by atoms with Crippen LogP contribution in [0.15, 0.2) is 24.3 Å². The van der Waals surface area contributed by atoms with Crippen LogP contribution in [-0.4, -0.2) is 65.5 Å². The van der Waals surface area contributed by atoms with Gasteiger partial charge in [-0.2, -0.15) is 0 Å². The number of pyridine rings is 1. The van der Waals surface area contributed by atoms with Crippen molar-refractivity contribution in [3.63, 3.8) is 0 Å². The lowest BCUT2D eigenvalue weighted by Gasteiger charge is -2.47. The van der Waals surface area contributed by atoms with Crippen LogP contribution in [0.4, 0.5) is 5.82 Å². The second-order valence-electron chi connectivity index (χ2n) is 9.78. The van der Waals surface area contributed by atoms with E-state index >= 15 is 0 Å². The van der Waals surface area contributed by atoms with E-state index in [1.165, 1.54) is 6.42 Å². The molecule has 2 fully saturated rings. The summed E-state index contributed by atoms with van der Waals surface area (Å²) in [6.07, 6.45) is 1.49. The maximum Gasteiger partial charge on any atom is 0.132 e. The van der Waals surface area contributed by atoms with E-state index < -0.39 is 6.10 Å². The molecule has 2 aromatic rings.